The lowest BCUT2D eigenvalue weighted by molar-refractivity contribution is -0.519. The number of allylic oxidation sites excluding steroid dienone is 4. The standard InChI is InChI=1S/C30H37N2O3/c1-6-31(7-2)21-15-17-25-27(19-21)35-28-20-22(32(8-3)9-4)16-18-26(28)29(25)23-13-11-12-14-24(23)30(33)34-10-5/h11-20,25,27H,6-10H2,1-5H3/q+1. The van der Waals surface area contributed by atoms with E-state index in [0.29, 0.717) is 12.2 Å². The molecule has 1 aromatic rings. The molecule has 4 rings (SSSR count). The van der Waals surface area contributed by atoms with Gasteiger partial charge in [-0.3, -0.25) is 0 Å². The van der Waals surface area contributed by atoms with Crippen LogP contribution in [0, 0.1) is 5.92 Å². The second-order valence-corrected chi connectivity index (χ2v) is 8.76. The van der Waals surface area contributed by atoms with Gasteiger partial charge in [0.1, 0.15) is 25.0 Å². The Kier molecular flexibility index (Phi) is 7.74. The summed E-state index contributed by atoms with van der Waals surface area (Å²) in [5.74, 6) is 0.561. The molecule has 3 aliphatic rings. The van der Waals surface area contributed by atoms with Gasteiger partial charge in [0.05, 0.1) is 18.2 Å². The third kappa shape index (κ3) is 4.77. The summed E-state index contributed by atoms with van der Waals surface area (Å²) in [7, 11) is 0. The van der Waals surface area contributed by atoms with Crippen LogP contribution < -0.4 is 0 Å². The topological polar surface area (TPSA) is 41.8 Å². The van der Waals surface area contributed by atoms with E-state index in [1.165, 1.54) is 5.70 Å². The normalized spacial score (nSPS) is 20.4. The second-order valence-electron chi connectivity index (χ2n) is 8.76. The molecular weight excluding hydrogens is 436 g/mol. The number of hydrogen-bond donors (Lipinski definition) is 0. The number of benzene rings is 1. The smallest absolute Gasteiger partial charge is 0.338 e. The predicted molar refractivity (Wildman–Crippen MR) is 141 cm³/mol. The number of esters is 1. The van der Waals surface area contributed by atoms with Crippen molar-refractivity contribution >= 4 is 17.3 Å². The minimum Gasteiger partial charge on any atom is -0.484 e. The Labute approximate surface area is 209 Å². The lowest BCUT2D eigenvalue weighted by Gasteiger charge is -2.38. The molecule has 2 aliphatic carbocycles. The van der Waals surface area contributed by atoms with Crippen LogP contribution in [-0.4, -0.2) is 60.0 Å². The molecule has 2 atom stereocenters. The maximum atomic E-state index is 12.9. The van der Waals surface area contributed by atoms with Gasteiger partial charge in [0, 0.05) is 36.4 Å². The maximum absolute atomic E-state index is 12.9. The van der Waals surface area contributed by atoms with E-state index in [4.69, 9.17) is 9.47 Å². The highest BCUT2D eigenvalue weighted by molar-refractivity contribution is 6.05. The van der Waals surface area contributed by atoms with Crippen LogP contribution >= 0.6 is 0 Å². The number of fused-ring (bicyclic) bond motifs is 2. The molecule has 0 saturated carbocycles. The van der Waals surface area contributed by atoms with E-state index >= 15 is 0 Å². The molecule has 0 bridgehead atoms. The Hall–Kier alpha value is -3.34. The van der Waals surface area contributed by atoms with Crippen LogP contribution in [0.4, 0.5) is 0 Å². The third-order valence-corrected chi connectivity index (χ3v) is 6.98. The largest absolute Gasteiger partial charge is 0.484 e. The van der Waals surface area contributed by atoms with Gasteiger partial charge < -0.3 is 14.4 Å². The van der Waals surface area contributed by atoms with Crippen molar-refractivity contribution in [2.75, 3.05) is 32.8 Å². The quantitative estimate of drug-likeness (QED) is 0.376. The van der Waals surface area contributed by atoms with Gasteiger partial charge in [-0.15, -0.1) is 0 Å². The predicted octanol–water partition coefficient (Wildman–Crippen LogP) is 5.37. The molecule has 1 aromatic carbocycles. The van der Waals surface area contributed by atoms with Crippen molar-refractivity contribution in [3.05, 3.63) is 88.9 Å². The fourth-order valence-corrected chi connectivity index (χ4v) is 5.18. The monoisotopic (exact) mass is 473 g/mol. The zero-order chi connectivity index (χ0) is 24.9. The molecule has 1 aliphatic heterocycles. The SMILES string of the molecule is CCOC(=O)c1ccccc1C1=C2C=CC(=[N+](CC)CC)C=C2OC2C=C(N(CC)CC)C=CC12. The van der Waals surface area contributed by atoms with Gasteiger partial charge in [0.2, 0.25) is 5.71 Å². The van der Waals surface area contributed by atoms with Crippen LogP contribution in [0.2, 0.25) is 0 Å². The highest BCUT2D eigenvalue weighted by atomic mass is 16.5. The summed E-state index contributed by atoms with van der Waals surface area (Å²) in [5.41, 5.74) is 5.96. The van der Waals surface area contributed by atoms with Gasteiger partial charge >= 0.3 is 5.97 Å². The molecular formula is C30H37N2O3+. The molecule has 35 heavy (non-hydrogen) atoms. The molecule has 0 spiro atoms. The number of carbonyl (C=O) groups is 1. The first-order chi connectivity index (χ1) is 17.1. The van der Waals surface area contributed by atoms with E-state index in [9.17, 15) is 4.79 Å². The zero-order valence-corrected chi connectivity index (χ0v) is 21.6. The first-order valence-corrected chi connectivity index (χ1v) is 12.9. The molecule has 2 unspecified atom stereocenters. The number of rotatable bonds is 8. The van der Waals surface area contributed by atoms with Crippen LogP contribution in [0.5, 0.6) is 0 Å². The van der Waals surface area contributed by atoms with Crippen LogP contribution in [0.15, 0.2) is 77.8 Å². The first kappa shape index (κ1) is 24.8. The number of nitrogens with zero attached hydrogens (tertiary/aromatic N) is 2. The molecule has 184 valence electrons. The van der Waals surface area contributed by atoms with E-state index in [-0.39, 0.29) is 18.0 Å². The summed E-state index contributed by atoms with van der Waals surface area (Å²) in [4.78, 5) is 15.2. The summed E-state index contributed by atoms with van der Waals surface area (Å²) < 4.78 is 14.4. The van der Waals surface area contributed by atoms with Crippen LogP contribution in [0.1, 0.15) is 50.5 Å². The van der Waals surface area contributed by atoms with Crippen molar-refractivity contribution < 1.29 is 18.8 Å². The molecule has 5 nitrogen and oxygen atoms in total. The summed E-state index contributed by atoms with van der Waals surface area (Å²) in [6, 6.07) is 7.78. The molecule has 1 heterocycles. The summed E-state index contributed by atoms with van der Waals surface area (Å²) in [6.07, 6.45) is 13.0. The summed E-state index contributed by atoms with van der Waals surface area (Å²) in [5, 5.41) is 0. The Morgan fingerprint density at radius 1 is 1.03 bits per heavy atom. The molecule has 0 saturated heterocycles. The molecule has 0 aromatic heterocycles. The number of ether oxygens (including phenoxy) is 2. The molecule has 0 N–H and O–H groups in total. The third-order valence-electron chi connectivity index (χ3n) is 6.98. The van der Waals surface area contributed by atoms with Gasteiger partial charge in [0.25, 0.3) is 0 Å². The average molecular weight is 474 g/mol. The van der Waals surface area contributed by atoms with E-state index in [2.05, 4.69) is 73.6 Å². The van der Waals surface area contributed by atoms with Crippen LogP contribution in [-0.2, 0) is 9.47 Å². The fourth-order valence-electron chi connectivity index (χ4n) is 5.18. The van der Waals surface area contributed by atoms with E-state index < -0.39 is 0 Å². The number of carbonyl (C=O) groups excluding carboxylic acids is 1. The van der Waals surface area contributed by atoms with Crippen molar-refractivity contribution in [3.8, 4) is 0 Å². The highest BCUT2D eigenvalue weighted by Gasteiger charge is 2.38. The Balaban J connectivity index is 1.90. The van der Waals surface area contributed by atoms with Crippen LogP contribution in [0.25, 0.3) is 5.57 Å². The van der Waals surface area contributed by atoms with Crippen LogP contribution in [0.3, 0.4) is 0 Å². The number of likely N-dealkylation sites (N-methyl/N-ethyl adjacent to an activating group) is 1. The Bertz CT molecular complexity index is 1160. The maximum Gasteiger partial charge on any atom is 0.338 e. The van der Waals surface area contributed by atoms with Gasteiger partial charge in [-0.25, -0.2) is 9.37 Å². The first-order valence-electron chi connectivity index (χ1n) is 12.9. The van der Waals surface area contributed by atoms with E-state index in [0.717, 1.165) is 54.4 Å². The average Bonchev–Trinajstić information content (AvgIpc) is 2.88. The van der Waals surface area contributed by atoms with Crippen molar-refractivity contribution in [2.24, 2.45) is 5.92 Å². The van der Waals surface area contributed by atoms with Crippen molar-refractivity contribution in [1.29, 1.82) is 0 Å². The molecule has 5 heteroatoms. The molecule has 0 radical (unpaired) electrons. The summed E-state index contributed by atoms with van der Waals surface area (Å²) >= 11 is 0. The lowest BCUT2D eigenvalue weighted by Crippen LogP contribution is -2.34. The Morgan fingerprint density at radius 2 is 1.77 bits per heavy atom. The van der Waals surface area contributed by atoms with Crippen molar-refractivity contribution in [3.63, 3.8) is 0 Å². The second kappa shape index (κ2) is 10.9. The molecule has 0 fully saturated rings. The van der Waals surface area contributed by atoms with Gasteiger partial charge in [-0.2, -0.15) is 0 Å². The van der Waals surface area contributed by atoms with Crippen molar-refractivity contribution in [1.82, 2.24) is 4.90 Å². The van der Waals surface area contributed by atoms with Gasteiger partial charge in [0.15, 0.2) is 0 Å². The fraction of sp³-hybridized carbons (Fsp3) is 0.400. The summed E-state index contributed by atoms with van der Waals surface area (Å²) in [6.45, 7) is 14.6. The minimum absolute atomic E-state index is 0.00306. The highest BCUT2D eigenvalue weighted by Crippen LogP contribution is 2.45. The van der Waals surface area contributed by atoms with Gasteiger partial charge in [-0.1, -0.05) is 24.3 Å². The minimum atomic E-state index is -0.292. The Morgan fingerprint density at radius 3 is 2.46 bits per heavy atom. The van der Waals surface area contributed by atoms with Crippen molar-refractivity contribution in [2.45, 2.75) is 40.7 Å². The van der Waals surface area contributed by atoms with Gasteiger partial charge in [-0.05, 0) is 70.0 Å². The lowest BCUT2D eigenvalue weighted by atomic mass is 9.77. The molecule has 0 amide bonds. The number of hydrogen-bond acceptors (Lipinski definition) is 4. The van der Waals surface area contributed by atoms with E-state index in [1.807, 2.05) is 31.2 Å². The van der Waals surface area contributed by atoms with E-state index in [1.54, 1.807) is 0 Å². The zero-order valence-electron chi connectivity index (χ0n) is 21.6.